The number of aryl methyl sites for hydroxylation is 1. The van der Waals surface area contributed by atoms with Gasteiger partial charge in [-0.15, -0.1) is 0 Å². The minimum Gasteiger partial charge on any atom is -0.445 e. The van der Waals surface area contributed by atoms with Crippen LogP contribution in [0.3, 0.4) is 0 Å². The molecule has 0 atom stereocenters. The number of aromatic amines is 1. The number of H-pyrrole nitrogens is 1. The van der Waals surface area contributed by atoms with Crippen molar-refractivity contribution in [3.05, 3.63) is 83.2 Å². The molecule has 0 unspecified atom stereocenters. The molecule has 5 heterocycles. The third-order valence-corrected chi connectivity index (χ3v) is 6.75. The topological polar surface area (TPSA) is 120 Å². The maximum absolute atomic E-state index is 12.8. The molecular formula is C28H26N6O3. The Morgan fingerprint density at radius 3 is 2.70 bits per heavy atom. The molecule has 0 aliphatic carbocycles. The van der Waals surface area contributed by atoms with Crippen molar-refractivity contribution in [2.75, 3.05) is 23.3 Å². The van der Waals surface area contributed by atoms with Crippen LogP contribution in [0.15, 0.2) is 76.5 Å². The van der Waals surface area contributed by atoms with Crippen molar-refractivity contribution in [3.63, 3.8) is 0 Å². The summed E-state index contributed by atoms with van der Waals surface area (Å²) >= 11 is 0. The summed E-state index contributed by atoms with van der Waals surface area (Å²) in [5.41, 5.74) is 5.57. The lowest BCUT2D eigenvalue weighted by molar-refractivity contribution is 0.145. The largest absolute Gasteiger partial charge is 0.445 e. The van der Waals surface area contributed by atoms with Gasteiger partial charge in [0.05, 0.1) is 46.5 Å². The van der Waals surface area contributed by atoms with Gasteiger partial charge in [0.1, 0.15) is 12.1 Å². The van der Waals surface area contributed by atoms with E-state index < -0.39 is 0 Å². The predicted octanol–water partition coefficient (Wildman–Crippen LogP) is 4.65. The van der Waals surface area contributed by atoms with Crippen molar-refractivity contribution in [1.82, 2.24) is 19.9 Å². The monoisotopic (exact) mass is 494 g/mol. The normalized spacial score (nSPS) is 14.3. The molecule has 0 saturated carbocycles. The summed E-state index contributed by atoms with van der Waals surface area (Å²) in [7, 11) is 0. The highest BCUT2D eigenvalue weighted by molar-refractivity contribution is 5.94. The highest BCUT2D eigenvalue weighted by atomic mass is 16.3. The van der Waals surface area contributed by atoms with Crippen molar-refractivity contribution in [2.45, 2.75) is 25.9 Å². The lowest BCUT2D eigenvalue weighted by atomic mass is 10.0. The second-order valence-corrected chi connectivity index (χ2v) is 9.23. The Morgan fingerprint density at radius 2 is 1.97 bits per heavy atom. The minimum absolute atomic E-state index is 0.223. The second kappa shape index (κ2) is 9.51. The summed E-state index contributed by atoms with van der Waals surface area (Å²) < 4.78 is 5.43. The number of aliphatic hydroxyl groups is 1. The number of rotatable bonds is 5. The first-order chi connectivity index (χ1) is 18.0. The lowest BCUT2D eigenvalue weighted by Gasteiger charge is -2.31. The zero-order chi connectivity index (χ0) is 25.4. The van der Waals surface area contributed by atoms with Gasteiger partial charge in [-0.1, -0.05) is 6.07 Å². The van der Waals surface area contributed by atoms with Gasteiger partial charge in [0, 0.05) is 30.4 Å². The van der Waals surface area contributed by atoms with Crippen molar-refractivity contribution >= 4 is 28.1 Å². The summed E-state index contributed by atoms with van der Waals surface area (Å²) in [6.07, 6.45) is 7.89. The number of aromatic nitrogens is 4. The number of nitrogens with zero attached hydrogens (tertiary/aromatic N) is 4. The van der Waals surface area contributed by atoms with Crippen molar-refractivity contribution < 1.29 is 9.52 Å². The molecule has 0 amide bonds. The molecule has 5 aromatic rings. The number of hydrogen-bond donors (Lipinski definition) is 3. The Hall–Kier alpha value is -4.50. The fourth-order valence-electron chi connectivity index (χ4n) is 4.79. The quantitative estimate of drug-likeness (QED) is 0.323. The summed E-state index contributed by atoms with van der Waals surface area (Å²) in [5.74, 6) is 1.18. The Bertz CT molecular complexity index is 1600. The van der Waals surface area contributed by atoms with Gasteiger partial charge in [-0.2, -0.15) is 0 Å². The number of oxazole rings is 1. The lowest BCUT2D eigenvalue weighted by Crippen LogP contribution is -2.35. The zero-order valence-electron chi connectivity index (χ0n) is 20.3. The minimum atomic E-state index is -0.224. The molecule has 1 aromatic carbocycles. The van der Waals surface area contributed by atoms with Crippen LogP contribution in [0, 0.1) is 6.92 Å². The van der Waals surface area contributed by atoms with Crippen LogP contribution in [0.5, 0.6) is 0 Å². The third-order valence-electron chi connectivity index (χ3n) is 6.75. The SMILES string of the molecule is Cc1cc(-c2ncco2)ccc1-c1cc(Nc2ccc(N3CCC(O)CC3)cn2)c2c(=O)[nH]ccc2n1. The van der Waals surface area contributed by atoms with Crippen LogP contribution < -0.4 is 15.8 Å². The van der Waals surface area contributed by atoms with Gasteiger partial charge in [0.15, 0.2) is 0 Å². The average Bonchev–Trinajstić information content (AvgIpc) is 3.45. The van der Waals surface area contributed by atoms with Crippen LogP contribution in [0.4, 0.5) is 17.2 Å². The zero-order valence-corrected chi connectivity index (χ0v) is 20.3. The maximum atomic E-state index is 12.8. The summed E-state index contributed by atoms with van der Waals surface area (Å²) in [6.45, 7) is 3.62. The number of pyridine rings is 3. The number of fused-ring (bicyclic) bond motifs is 1. The van der Waals surface area contributed by atoms with Gasteiger partial charge in [0.2, 0.25) is 5.89 Å². The second-order valence-electron chi connectivity index (χ2n) is 9.23. The summed E-state index contributed by atoms with van der Waals surface area (Å²) in [5, 5.41) is 13.6. The van der Waals surface area contributed by atoms with Crippen LogP contribution in [-0.4, -0.2) is 44.2 Å². The number of anilines is 3. The molecule has 3 N–H and O–H groups in total. The average molecular weight is 495 g/mol. The van der Waals surface area contributed by atoms with Crippen LogP contribution in [0.2, 0.25) is 0 Å². The Morgan fingerprint density at radius 1 is 1.11 bits per heavy atom. The molecule has 1 fully saturated rings. The van der Waals surface area contributed by atoms with Crippen LogP contribution >= 0.6 is 0 Å². The molecule has 0 spiro atoms. The third kappa shape index (κ3) is 4.56. The molecule has 9 heteroatoms. The molecular weight excluding hydrogens is 468 g/mol. The summed E-state index contributed by atoms with van der Waals surface area (Å²) in [6, 6.07) is 13.5. The highest BCUT2D eigenvalue weighted by Gasteiger charge is 2.18. The van der Waals surface area contributed by atoms with E-state index in [1.807, 2.05) is 49.5 Å². The molecule has 0 radical (unpaired) electrons. The highest BCUT2D eigenvalue weighted by Crippen LogP contribution is 2.32. The number of nitrogens with one attached hydrogen (secondary N) is 2. The fraction of sp³-hybridized carbons (Fsp3) is 0.214. The first-order valence-electron chi connectivity index (χ1n) is 12.2. The molecule has 1 aliphatic heterocycles. The molecule has 6 rings (SSSR count). The molecule has 4 aromatic heterocycles. The number of hydrogen-bond acceptors (Lipinski definition) is 8. The van der Waals surface area contributed by atoms with E-state index in [9.17, 15) is 9.90 Å². The van der Waals surface area contributed by atoms with Crippen molar-refractivity contribution in [1.29, 1.82) is 0 Å². The molecule has 1 saturated heterocycles. The van der Waals surface area contributed by atoms with E-state index in [2.05, 4.69) is 25.2 Å². The van der Waals surface area contributed by atoms with Gasteiger partial charge >= 0.3 is 0 Å². The fourth-order valence-corrected chi connectivity index (χ4v) is 4.79. The maximum Gasteiger partial charge on any atom is 0.259 e. The Labute approximate surface area is 212 Å². The van der Waals surface area contributed by atoms with Crippen molar-refractivity contribution in [3.8, 4) is 22.7 Å². The molecule has 186 valence electrons. The Kier molecular flexibility index (Phi) is 5.90. The van der Waals surface area contributed by atoms with Crippen molar-refractivity contribution in [2.24, 2.45) is 0 Å². The van der Waals surface area contributed by atoms with E-state index in [0.717, 1.165) is 54.0 Å². The van der Waals surface area contributed by atoms with E-state index in [1.165, 1.54) is 0 Å². The Balaban J connectivity index is 1.35. The van der Waals surface area contributed by atoms with E-state index in [4.69, 9.17) is 9.40 Å². The first-order valence-corrected chi connectivity index (χ1v) is 12.2. The van der Waals surface area contributed by atoms with Crippen LogP contribution in [0.1, 0.15) is 18.4 Å². The van der Waals surface area contributed by atoms with Gasteiger partial charge in [-0.05, 0) is 61.7 Å². The van der Waals surface area contributed by atoms with Gasteiger partial charge < -0.3 is 24.7 Å². The molecule has 9 nitrogen and oxygen atoms in total. The van der Waals surface area contributed by atoms with Crippen LogP contribution in [0.25, 0.3) is 33.6 Å². The van der Waals surface area contributed by atoms with E-state index in [-0.39, 0.29) is 11.7 Å². The number of piperidine rings is 1. The molecule has 0 bridgehead atoms. The molecule has 37 heavy (non-hydrogen) atoms. The number of aliphatic hydroxyl groups excluding tert-OH is 1. The first kappa shape index (κ1) is 22.9. The molecule has 1 aliphatic rings. The van der Waals surface area contributed by atoms with E-state index in [1.54, 1.807) is 24.7 Å². The van der Waals surface area contributed by atoms with Gasteiger partial charge in [-0.25, -0.2) is 15.0 Å². The van der Waals surface area contributed by atoms with Crippen LogP contribution in [-0.2, 0) is 0 Å². The van der Waals surface area contributed by atoms with E-state index in [0.29, 0.717) is 28.3 Å². The predicted molar refractivity (Wildman–Crippen MR) is 143 cm³/mol. The van der Waals surface area contributed by atoms with E-state index >= 15 is 0 Å². The standard InChI is InChI=1S/C28H26N6O3/c1-17-14-18(28-30-10-13-37-28)2-4-21(17)23-15-24(26-22(32-23)6-9-29-27(26)36)33-25-5-3-19(16-31-25)34-11-7-20(35)8-12-34/h2-6,9-10,13-16,20,35H,7-8,11-12H2,1H3,(H,29,36)(H,31,32,33). The smallest absolute Gasteiger partial charge is 0.259 e. The number of benzene rings is 1. The van der Waals surface area contributed by atoms with Gasteiger partial charge in [0.25, 0.3) is 5.56 Å². The van der Waals surface area contributed by atoms with Gasteiger partial charge in [-0.3, -0.25) is 4.79 Å². The summed E-state index contributed by atoms with van der Waals surface area (Å²) in [4.78, 5) is 31.4.